The van der Waals surface area contributed by atoms with E-state index in [2.05, 4.69) is 18.7 Å². The number of allylic oxidation sites excluding steroid dienone is 1. The molecule has 4 rings (SSSR count). The van der Waals surface area contributed by atoms with Crippen LogP contribution < -0.4 is 14.4 Å². The highest BCUT2D eigenvalue weighted by Crippen LogP contribution is 2.39. The minimum Gasteiger partial charge on any atom is -0.490 e. The number of thioether (sulfide) groups is 1. The molecule has 0 N–H and O–H groups in total. The molecule has 35 heavy (non-hydrogen) atoms. The number of hydrogen-bond acceptors (Lipinski definition) is 5. The molecule has 0 atom stereocenters. The maximum atomic E-state index is 13.0. The summed E-state index contributed by atoms with van der Waals surface area (Å²) >= 11 is 0.929. The van der Waals surface area contributed by atoms with Crippen LogP contribution in [-0.2, 0) is 17.8 Å². The minimum atomic E-state index is -0.339. The molecular formula is C29H27NO4S. The van der Waals surface area contributed by atoms with E-state index in [1.807, 2.05) is 44.2 Å². The lowest BCUT2D eigenvalue weighted by atomic mass is 10.0. The summed E-state index contributed by atoms with van der Waals surface area (Å²) in [7, 11) is 0. The zero-order chi connectivity index (χ0) is 24.8. The first-order valence-corrected chi connectivity index (χ1v) is 12.2. The van der Waals surface area contributed by atoms with Gasteiger partial charge in [-0.05, 0) is 73.5 Å². The molecule has 6 heteroatoms. The number of aryl methyl sites for hydroxylation is 1. The average Bonchev–Trinajstić information content (AvgIpc) is 3.13. The fraction of sp³-hybridized carbons (Fsp3) is 0.172. The van der Waals surface area contributed by atoms with Gasteiger partial charge in [0.15, 0.2) is 11.5 Å². The van der Waals surface area contributed by atoms with Gasteiger partial charge >= 0.3 is 0 Å². The van der Waals surface area contributed by atoms with E-state index in [1.54, 1.807) is 36.4 Å². The van der Waals surface area contributed by atoms with Crippen LogP contribution in [0.3, 0.4) is 0 Å². The predicted molar refractivity (Wildman–Crippen MR) is 142 cm³/mol. The average molecular weight is 486 g/mol. The Balaban J connectivity index is 1.65. The molecule has 1 heterocycles. The van der Waals surface area contributed by atoms with Crippen molar-refractivity contribution >= 4 is 34.7 Å². The largest absolute Gasteiger partial charge is 0.490 e. The molecule has 3 aromatic rings. The Bertz CT molecular complexity index is 1270. The number of ether oxygens (including phenoxy) is 2. The van der Waals surface area contributed by atoms with Gasteiger partial charge in [0.25, 0.3) is 11.1 Å². The second kappa shape index (κ2) is 11.1. The van der Waals surface area contributed by atoms with Gasteiger partial charge in [-0.2, -0.15) is 0 Å². The normalized spacial score (nSPS) is 14.5. The molecule has 3 aromatic carbocycles. The molecule has 178 valence electrons. The van der Waals surface area contributed by atoms with Crippen LogP contribution in [0.25, 0.3) is 6.08 Å². The van der Waals surface area contributed by atoms with Crippen molar-refractivity contribution in [2.45, 2.75) is 26.9 Å². The molecule has 0 aromatic heterocycles. The SMILES string of the molecule is C=CCc1cc(/C=C2\SC(=O)N(c3ccccc3)C2=O)cc(OCC)c1OCc1ccc(C)cc1. The molecule has 2 amide bonds. The minimum absolute atomic E-state index is 0.318. The lowest BCUT2D eigenvalue weighted by Crippen LogP contribution is -2.27. The maximum Gasteiger partial charge on any atom is 0.298 e. The van der Waals surface area contributed by atoms with Crippen LogP contribution in [0.15, 0.2) is 84.3 Å². The van der Waals surface area contributed by atoms with Crippen LogP contribution in [0.2, 0.25) is 0 Å². The van der Waals surface area contributed by atoms with Crippen LogP contribution in [0.5, 0.6) is 11.5 Å². The molecule has 0 saturated carbocycles. The van der Waals surface area contributed by atoms with Gasteiger partial charge in [0.05, 0.1) is 17.2 Å². The number of benzene rings is 3. The zero-order valence-corrected chi connectivity index (χ0v) is 20.6. The molecule has 0 spiro atoms. The molecular weight excluding hydrogens is 458 g/mol. The van der Waals surface area contributed by atoms with E-state index in [4.69, 9.17) is 9.47 Å². The lowest BCUT2D eigenvalue weighted by Gasteiger charge is -2.17. The van der Waals surface area contributed by atoms with Gasteiger partial charge in [-0.15, -0.1) is 6.58 Å². The second-order valence-electron chi connectivity index (χ2n) is 8.06. The fourth-order valence-electron chi connectivity index (χ4n) is 3.76. The van der Waals surface area contributed by atoms with Crippen molar-refractivity contribution in [3.05, 3.63) is 107 Å². The topological polar surface area (TPSA) is 55.8 Å². The Morgan fingerprint density at radius 1 is 1.00 bits per heavy atom. The number of nitrogens with zero attached hydrogens (tertiary/aromatic N) is 1. The van der Waals surface area contributed by atoms with Crippen LogP contribution in [0, 0.1) is 6.92 Å². The van der Waals surface area contributed by atoms with E-state index < -0.39 is 0 Å². The summed E-state index contributed by atoms with van der Waals surface area (Å²) in [6, 6.07) is 20.9. The maximum absolute atomic E-state index is 13.0. The molecule has 1 aliphatic heterocycles. The number of carbonyl (C=O) groups is 2. The van der Waals surface area contributed by atoms with Gasteiger partial charge in [-0.25, -0.2) is 4.90 Å². The molecule has 1 fully saturated rings. The highest BCUT2D eigenvalue weighted by molar-refractivity contribution is 8.19. The Hall–Kier alpha value is -3.77. The number of rotatable bonds is 9. The van der Waals surface area contributed by atoms with E-state index in [0.29, 0.717) is 41.7 Å². The van der Waals surface area contributed by atoms with Gasteiger partial charge in [0, 0.05) is 5.56 Å². The summed E-state index contributed by atoms with van der Waals surface area (Å²) < 4.78 is 12.1. The third kappa shape index (κ3) is 5.66. The van der Waals surface area contributed by atoms with E-state index >= 15 is 0 Å². The summed E-state index contributed by atoms with van der Waals surface area (Å²) in [5, 5.41) is -0.318. The quantitative estimate of drug-likeness (QED) is 0.243. The number of carbonyl (C=O) groups excluding carboxylic acids is 2. The van der Waals surface area contributed by atoms with Gasteiger partial charge in [-0.1, -0.05) is 54.1 Å². The van der Waals surface area contributed by atoms with Crippen molar-refractivity contribution in [1.82, 2.24) is 0 Å². The monoisotopic (exact) mass is 485 g/mol. The Labute approximate surface area is 210 Å². The van der Waals surface area contributed by atoms with Crippen LogP contribution in [0.4, 0.5) is 10.5 Å². The first-order valence-electron chi connectivity index (χ1n) is 11.4. The van der Waals surface area contributed by atoms with E-state index in [0.717, 1.165) is 28.5 Å². The second-order valence-corrected chi connectivity index (χ2v) is 9.05. The Morgan fingerprint density at radius 2 is 1.74 bits per heavy atom. The van der Waals surface area contributed by atoms with Gasteiger partial charge in [0.2, 0.25) is 0 Å². The third-order valence-corrected chi connectivity index (χ3v) is 6.30. The fourth-order valence-corrected chi connectivity index (χ4v) is 4.60. The van der Waals surface area contributed by atoms with E-state index in [-0.39, 0.29) is 11.1 Å². The first-order chi connectivity index (χ1) is 17.0. The number of hydrogen-bond donors (Lipinski definition) is 0. The van der Waals surface area contributed by atoms with Gasteiger partial charge < -0.3 is 9.47 Å². The molecule has 0 aliphatic carbocycles. The summed E-state index contributed by atoms with van der Waals surface area (Å²) in [4.78, 5) is 27.2. The predicted octanol–water partition coefficient (Wildman–Crippen LogP) is 6.94. The standard InChI is InChI=1S/C29H27NO4S/c1-4-9-23-16-22(18-26-28(31)30(29(32)35-26)24-10-7-6-8-11-24)17-25(33-5-2)27(23)34-19-21-14-12-20(3)13-15-21/h4,6-8,10-18H,1,5,9,19H2,2-3H3/b26-18-. The van der Waals surface area contributed by atoms with Crippen molar-refractivity contribution in [1.29, 1.82) is 0 Å². The van der Waals surface area contributed by atoms with Crippen molar-refractivity contribution in [2.24, 2.45) is 0 Å². The highest BCUT2D eigenvalue weighted by atomic mass is 32.2. The highest BCUT2D eigenvalue weighted by Gasteiger charge is 2.36. The number of imide groups is 1. The molecule has 0 unspecified atom stereocenters. The lowest BCUT2D eigenvalue weighted by molar-refractivity contribution is -0.113. The molecule has 1 saturated heterocycles. The smallest absolute Gasteiger partial charge is 0.298 e. The summed E-state index contributed by atoms with van der Waals surface area (Å²) in [6.07, 6.45) is 4.10. The van der Waals surface area contributed by atoms with Crippen molar-refractivity contribution < 1.29 is 19.1 Å². The van der Waals surface area contributed by atoms with Gasteiger partial charge in [-0.3, -0.25) is 9.59 Å². The zero-order valence-electron chi connectivity index (χ0n) is 19.8. The van der Waals surface area contributed by atoms with Crippen LogP contribution in [0.1, 0.15) is 29.2 Å². The van der Waals surface area contributed by atoms with Crippen molar-refractivity contribution in [2.75, 3.05) is 11.5 Å². The Morgan fingerprint density at radius 3 is 2.43 bits per heavy atom. The van der Waals surface area contributed by atoms with Crippen LogP contribution >= 0.6 is 11.8 Å². The van der Waals surface area contributed by atoms with Crippen LogP contribution in [-0.4, -0.2) is 17.8 Å². The van der Waals surface area contributed by atoms with E-state index in [1.165, 1.54) is 10.5 Å². The molecule has 0 bridgehead atoms. The van der Waals surface area contributed by atoms with Crippen molar-refractivity contribution in [3.8, 4) is 11.5 Å². The van der Waals surface area contributed by atoms with Gasteiger partial charge in [0.1, 0.15) is 6.61 Å². The molecule has 0 radical (unpaired) electrons. The molecule has 5 nitrogen and oxygen atoms in total. The Kier molecular flexibility index (Phi) is 7.73. The summed E-state index contributed by atoms with van der Waals surface area (Å²) in [5.74, 6) is 0.906. The van der Waals surface area contributed by atoms with Crippen molar-refractivity contribution in [3.63, 3.8) is 0 Å². The first kappa shape index (κ1) is 24.4. The number of anilines is 1. The summed E-state index contributed by atoms with van der Waals surface area (Å²) in [5.41, 5.74) is 4.46. The third-order valence-electron chi connectivity index (χ3n) is 5.43. The van der Waals surface area contributed by atoms with E-state index in [9.17, 15) is 9.59 Å². The molecule has 1 aliphatic rings. The number of amides is 2. The number of para-hydroxylation sites is 1. The summed E-state index contributed by atoms with van der Waals surface area (Å²) in [6.45, 7) is 8.70.